The lowest BCUT2D eigenvalue weighted by atomic mass is 10.2. The Bertz CT molecular complexity index is 631. The molecule has 0 radical (unpaired) electrons. The Balaban J connectivity index is 1.92. The number of nitrogens with one attached hydrogen (secondary N) is 1. The summed E-state index contributed by atoms with van der Waals surface area (Å²) >= 11 is 3.36. The van der Waals surface area contributed by atoms with Gasteiger partial charge in [0.2, 0.25) is 0 Å². The van der Waals surface area contributed by atoms with Crippen molar-refractivity contribution in [3.8, 4) is 5.75 Å². The van der Waals surface area contributed by atoms with Gasteiger partial charge in [0.15, 0.2) is 6.61 Å². The predicted molar refractivity (Wildman–Crippen MR) is 79.4 cm³/mol. The molecule has 3 nitrogen and oxygen atoms in total. The molecule has 2 rings (SSSR count). The molecule has 0 aliphatic carbocycles. The van der Waals surface area contributed by atoms with Crippen LogP contribution in [0, 0.1) is 12.7 Å². The fourth-order valence-electron chi connectivity index (χ4n) is 1.68. The number of aryl methyl sites for hydroxylation is 1. The predicted octanol–water partition coefficient (Wildman–Crippen LogP) is 3.91. The molecule has 104 valence electrons. The van der Waals surface area contributed by atoms with Crippen molar-refractivity contribution in [3.05, 3.63) is 58.3 Å². The third kappa shape index (κ3) is 4.06. The van der Waals surface area contributed by atoms with Crippen LogP contribution in [0.4, 0.5) is 10.1 Å². The minimum atomic E-state index is -0.396. The molecule has 0 aliphatic heterocycles. The van der Waals surface area contributed by atoms with Gasteiger partial charge < -0.3 is 10.1 Å². The molecule has 1 amide bonds. The first kappa shape index (κ1) is 14.5. The molecule has 0 fully saturated rings. The topological polar surface area (TPSA) is 38.3 Å². The Labute approximate surface area is 124 Å². The van der Waals surface area contributed by atoms with Crippen LogP contribution in [0.1, 0.15) is 5.56 Å². The highest BCUT2D eigenvalue weighted by atomic mass is 79.9. The number of ether oxygens (including phenoxy) is 1. The molecule has 20 heavy (non-hydrogen) atoms. The lowest BCUT2D eigenvalue weighted by Crippen LogP contribution is -2.20. The first-order valence-electron chi connectivity index (χ1n) is 5.99. The smallest absolute Gasteiger partial charge is 0.262 e. The average molecular weight is 338 g/mol. The van der Waals surface area contributed by atoms with Gasteiger partial charge in [-0.3, -0.25) is 4.79 Å². The monoisotopic (exact) mass is 337 g/mol. The van der Waals surface area contributed by atoms with Gasteiger partial charge in [0.05, 0.1) is 0 Å². The van der Waals surface area contributed by atoms with Crippen LogP contribution in [0.25, 0.3) is 0 Å². The highest BCUT2D eigenvalue weighted by molar-refractivity contribution is 9.10. The summed E-state index contributed by atoms with van der Waals surface area (Å²) in [6.07, 6.45) is 0. The second-order valence-corrected chi connectivity index (χ2v) is 5.17. The van der Waals surface area contributed by atoms with Crippen LogP contribution in [0.5, 0.6) is 5.75 Å². The normalized spacial score (nSPS) is 10.2. The van der Waals surface area contributed by atoms with Crippen LogP contribution in [-0.4, -0.2) is 12.5 Å². The molecule has 0 atom stereocenters. The number of carbonyl (C=O) groups excluding carboxylic acids is 1. The minimum Gasteiger partial charge on any atom is -0.483 e. The van der Waals surface area contributed by atoms with Gasteiger partial charge in [-0.05, 0) is 48.9 Å². The second kappa shape index (κ2) is 6.52. The summed E-state index contributed by atoms with van der Waals surface area (Å²) in [4.78, 5) is 11.7. The van der Waals surface area contributed by atoms with Crippen molar-refractivity contribution in [1.82, 2.24) is 0 Å². The quantitative estimate of drug-likeness (QED) is 0.918. The lowest BCUT2D eigenvalue weighted by molar-refractivity contribution is -0.118. The summed E-state index contributed by atoms with van der Waals surface area (Å²) < 4.78 is 19.4. The Morgan fingerprint density at radius 1 is 1.30 bits per heavy atom. The lowest BCUT2D eigenvalue weighted by Gasteiger charge is -2.10. The number of hydrogen-bond donors (Lipinski definition) is 1. The maximum atomic E-state index is 13.0. The number of carbonyl (C=O) groups is 1. The number of hydrogen-bond acceptors (Lipinski definition) is 2. The fourth-order valence-corrected chi connectivity index (χ4v) is 2.16. The SMILES string of the molecule is Cc1cc(Br)ccc1OCC(=O)Nc1cccc(F)c1. The minimum absolute atomic E-state index is 0.126. The third-order valence-corrected chi connectivity index (χ3v) is 3.10. The van der Waals surface area contributed by atoms with Crippen LogP contribution >= 0.6 is 15.9 Å². The number of rotatable bonds is 4. The van der Waals surface area contributed by atoms with E-state index in [9.17, 15) is 9.18 Å². The molecule has 0 bridgehead atoms. The van der Waals surface area contributed by atoms with E-state index < -0.39 is 5.82 Å². The summed E-state index contributed by atoms with van der Waals surface area (Å²) in [6.45, 7) is 1.77. The maximum Gasteiger partial charge on any atom is 0.262 e. The van der Waals surface area contributed by atoms with Crippen LogP contribution in [-0.2, 0) is 4.79 Å². The highest BCUT2D eigenvalue weighted by Crippen LogP contribution is 2.22. The Kier molecular flexibility index (Phi) is 4.74. The van der Waals surface area contributed by atoms with Crippen LogP contribution < -0.4 is 10.1 Å². The van der Waals surface area contributed by atoms with E-state index in [-0.39, 0.29) is 12.5 Å². The molecule has 0 saturated carbocycles. The third-order valence-electron chi connectivity index (χ3n) is 2.60. The van der Waals surface area contributed by atoms with Gasteiger partial charge >= 0.3 is 0 Å². The standard InChI is InChI=1S/C15H13BrFNO2/c1-10-7-11(16)5-6-14(10)20-9-15(19)18-13-4-2-3-12(17)8-13/h2-8H,9H2,1H3,(H,18,19). The van der Waals surface area contributed by atoms with E-state index in [0.29, 0.717) is 11.4 Å². The zero-order valence-electron chi connectivity index (χ0n) is 10.8. The summed E-state index contributed by atoms with van der Waals surface area (Å²) in [5.41, 5.74) is 1.34. The Hall–Kier alpha value is -1.88. The second-order valence-electron chi connectivity index (χ2n) is 4.26. The van der Waals surface area contributed by atoms with Crippen LogP contribution in [0.15, 0.2) is 46.9 Å². The van der Waals surface area contributed by atoms with Gasteiger partial charge in [-0.2, -0.15) is 0 Å². The maximum absolute atomic E-state index is 13.0. The largest absolute Gasteiger partial charge is 0.483 e. The summed E-state index contributed by atoms with van der Waals surface area (Å²) in [6, 6.07) is 11.2. The number of benzene rings is 2. The first-order chi connectivity index (χ1) is 9.54. The van der Waals surface area contributed by atoms with E-state index in [2.05, 4.69) is 21.2 Å². The zero-order chi connectivity index (χ0) is 14.5. The molecule has 0 unspecified atom stereocenters. The van der Waals surface area contributed by atoms with Gasteiger partial charge in [-0.25, -0.2) is 4.39 Å². The summed E-state index contributed by atoms with van der Waals surface area (Å²) in [7, 11) is 0. The molecular weight excluding hydrogens is 325 g/mol. The van der Waals surface area contributed by atoms with Crippen molar-refractivity contribution >= 4 is 27.5 Å². The Morgan fingerprint density at radius 3 is 2.80 bits per heavy atom. The van der Waals surface area contributed by atoms with Crippen LogP contribution in [0.3, 0.4) is 0 Å². The van der Waals surface area contributed by atoms with Gasteiger partial charge in [0.25, 0.3) is 5.91 Å². The van der Waals surface area contributed by atoms with E-state index in [4.69, 9.17) is 4.74 Å². The molecule has 5 heteroatoms. The van der Waals surface area contributed by atoms with Crippen molar-refractivity contribution < 1.29 is 13.9 Å². The number of anilines is 1. The van der Waals surface area contributed by atoms with Crippen molar-refractivity contribution in [1.29, 1.82) is 0 Å². The van der Waals surface area contributed by atoms with Gasteiger partial charge in [0, 0.05) is 10.2 Å². The van der Waals surface area contributed by atoms with E-state index >= 15 is 0 Å². The molecule has 0 heterocycles. The number of halogens is 2. The summed E-state index contributed by atoms with van der Waals surface area (Å²) in [5.74, 6) is -0.0898. The molecule has 2 aromatic carbocycles. The van der Waals surface area contributed by atoms with Gasteiger partial charge in [0.1, 0.15) is 11.6 Å². The molecule has 0 saturated heterocycles. The van der Waals surface area contributed by atoms with E-state index in [0.717, 1.165) is 10.0 Å². The van der Waals surface area contributed by atoms with Crippen LogP contribution in [0.2, 0.25) is 0 Å². The van der Waals surface area contributed by atoms with Gasteiger partial charge in [-0.1, -0.05) is 22.0 Å². The molecule has 0 aromatic heterocycles. The van der Waals surface area contributed by atoms with Crippen molar-refractivity contribution in [2.45, 2.75) is 6.92 Å². The number of amides is 1. The van der Waals surface area contributed by atoms with Gasteiger partial charge in [-0.15, -0.1) is 0 Å². The molecule has 0 spiro atoms. The Morgan fingerprint density at radius 2 is 2.10 bits per heavy atom. The van der Waals surface area contributed by atoms with Crippen molar-refractivity contribution in [2.24, 2.45) is 0 Å². The first-order valence-corrected chi connectivity index (χ1v) is 6.78. The average Bonchev–Trinajstić information content (AvgIpc) is 2.37. The van der Waals surface area contributed by atoms with Crippen molar-refractivity contribution in [2.75, 3.05) is 11.9 Å². The highest BCUT2D eigenvalue weighted by Gasteiger charge is 2.06. The van der Waals surface area contributed by atoms with E-state index in [1.54, 1.807) is 12.1 Å². The van der Waals surface area contributed by atoms with E-state index in [1.165, 1.54) is 18.2 Å². The van der Waals surface area contributed by atoms with Crippen molar-refractivity contribution in [3.63, 3.8) is 0 Å². The molecule has 0 aliphatic rings. The fraction of sp³-hybridized carbons (Fsp3) is 0.133. The zero-order valence-corrected chi connectivity index (χ0v) is 12.4. The molecule has 2 aromatic rings. The van der Waals surface area contributed by atoms with E-state index in [1.807, 2.05) is 19.1 Å². The molecular formula is C15H13BrFNO2. The molecule has 1 N–H and O–H groups in total. The summed E-state index contributed by atoms with van der Waals surface area (Å²) in [5, 5.41) is 2.57.